The number of nitrogens with two attached hydrogens (primary N) is 1. The van der Waals surface area contributed by atoms with E-state index < -0.39 is 0 Å². The van der Waals surface area contributed by atoms with E-state index in [2.05, 4.69) is 10.4 Å². The minimum Gasteiger partial charge on any atom is -0.396 e. The Morgan fingerprint density at radius 2 is 2.42 bits per heavy atom. The number of hydrazine groups is 1. The van der Waals surface area contributed by atoms with Crippen molar-refractivity contribution in [3.63, 3.8) is 0 Å². The molecule has 0 aromatic carbocycles. The molecular weight excluding hydrogens is 268 g/mol. The van der Waals surface area contributed by atoms with E-state index in [0.29, 0.717) is 23.9 Å². The summed E-state index contributed by atoms with van der Waals surface area (Å²) in [4.78, 5) is 18.2. The molecule has 0 bridgehead atoms. The van der Waals surface area contributed by atoms with Gasteiger partial charge in [-0.1, -0.05) is 11.6 Å². The van der Waals surface area contributed by atoms with Gasteiger partial charge in [-0.25, -0.2) is 10.8 Å². The highest BCUT2D eigenvalue weighted by Crippen LogP contribution is 2.22. The summed E-state index contributed by atoms with van der Waals surface area (Å²) in [5.41, 5.74) is 2.58. The van der Waals surface area contributed by atoms with Gasteiger partial charge < -0.3 is 15.4 Å². The van der Waals surface area contributed by atoms with Crippen LogP contribution in [-0.4, -0.2) is 40.6 Å². The van der Waals surface area contributed by atoms with E-state index in [1.165, 1.54) is 0 Å². The first-order chi connectivity index (χ1) is 9.15. The molecule has 7 heteroatoms. The third-order valence-corrected chi connectivity index (χ3v) is 3.57. The van der Waals surface area contributed by atoms with Crippen molar-refractivity contribution in [2.24, 2.45) is 11.8 Å². The fraction of sp³-hybridized carbons (Fsp3) is 0.500. The Balaban J connectivity index is 2.18. The van der Waals surface area contributed by atoms with Crippen molar-refractivity contribution >= 4 is 23.3 Å². The molecule has 1 aromatic rings. The predicted molar refractivity (Wildman–Crippen MR) is 72.8 cm³/mol. The summed E-state index contributed by atoms with van der Waals surface area (Å²) in [6, 6.07) is 3.19. The van der Waals surface area contributed by atoms with Crippen molar-refractivity contribution < 1.29 is 9.90 Å². The highest BCUT2D eigenvalue weighted by molar-refractivity contribution is 6.33. The number of aliphatic hydroxyl groups excluding tert-OH is 1. The number of likely N-dealkylation sites (tertiary alicyclic amines) is 1. The van der Waals surface area contributed by atoms with Crippen molar-refractivity contribution in [3.05, 3.63) is 22.8 Å². The largest absolute Gasteiger partial charge is 0.396 e. The van der Waals surface area contributed by atoms with Crippen LogP contribution in [-0.2, 0) is 0 Å². The van der Waals surface area contributed by atoms with Gasteiger partial charge in [-0.15, -0.1) is 0 Å². The molecule has 1 fully saturated rings. The summed E-state index contributed by atoms with van der Waals surface area (Å²) in [5, 5.41) is 9.49. The predicted octanol–water partition coefficient (Wildman–Crippen LogP) is 0.865. The first-order valence-electron chi connectivity index (χ1n) is 6.19. The van der Waals surface area contributed by atoms with Gasteiger partial charge in [0.05, 0.1) is 5.02 Å². The Morgan fingerprint density at radius 3 is 3.11 bits per heavy atom. The molecule has 0 aliphatic carbocycles. The van der Waals surface area contributed by atoms with E-state index in [4.69, 9.17) is 17.4 Å². The molecule has 0 radical (unpaired) electrons. The van der Waals surface area contributed by atoms with Crippen LogP contribution in [0.4, 0.5) is 5.82 Å². The quantitative estimate of drug-likeness (QED) is 0.566. The molecule has 1 aliphatic heterocycles. The molecule has 0 spiro atoms. The molecule has 4 N–H and O–H groups in total. The van der Waals surface area contributed by atoms with Gasteiger partial charge >= 0.3 is 0 Å². The van der Waals surface area contributed by atoms with Crippen molar-refractivity contribution in [1.29, 1.82) is 0 Å². The van der Waals surface area contributed by atoms with Crippen LogP contribution in [0.15, 0.2) is 12.1 Å². The summed E-state index contributed by atoms with van der Waals surface area (Å²) < 4.78 is 0. The molecule has 6 nitrogen and oxygen atoms in total. The summed E-state index contributed by atoms with van der Waals surface area (Å²) in [6.45, 7) is 1.29. The van der Waals surface area contributed by atoms with Crippen LogP contribution in [0.3, 0.4) is 0 Å². The Labute approximate surface area is 116 Å². The Bertz CT molecular complexity index is 469. The average Bonchev–Trinajstić information content (AvgIpc) is 2.47. The summed E-state index contributed by atoms with van der Waals surface area (Å²) in [5.74, 6) is 5.58. The maximum atomic E-state index is 12.4. The van der Waals surface area contributed by atoms with Crippen LogP contribution in [0.1, 0.15) is 23.3 Å². The lowest BCUT2D eigenvalue weighted by Crippen LogP contribution is -2.41. The Morgan fingerprint density at radius 1 is 1.63 bits per heavy atom. The van der Waals surface area contributed by atoms with Crippen LogP contribution in [0.2, 0.25) is 5.02 Å². The number of hydrogen-bond donors (Lipinski definition) is 3. The molecule has 2 heterocycles. The first-order valence-corrected chi connectivity index (χ1v) is 6.56. The first kappa shape index (κ1) is 14.0. The van der Waals surface area contributed by atoms with E-state index in [0.717, 1.165) is 12.8 Å². The van der Waals surface area contributed by atoms with E-state index >= 15 is 0 Å². The average molecular weight is 285 g/mol. The number of nitrogens with zero attached hydrogens (tertiary/aromatic N) is 2. The third kappa shape index (κ3) is 3.15. The molecule has 1 aromatic heterocycles. The lowest BCUT2D eigenvalue weighted by atomic mass is 9.99. The third-order valence-electron chi connectivity index (χ3n) is 3.26. The minimum absolute atomic E-state index is 0.0926. The molecule has 0 saturated carbocycles. The number of rotatable bonds is 3. The molecule has 1 aliphatic rings. The van der Waals surface area contributed by atoms with Crippen molar-refractivity contribution in [1.82, 2.24) is 9.88 Å². The SMILES string of the molecule is NNc1ccc(Cl)c(C(=O)N2CCCC(CO)C2)n1. The van der Waals surface area contributed by atoms with Crippen molar-refractivity contribution in [2.45, 2.75) is 12.8 Å². The van der Waals surface area contributed by atoms with E-state index in [1.54, 1.807) is 17.0 Å². The second kappa shape index (κ2) is 6.18. The number of piperidine rings is 1. The molecule has 19 heavy (non-hydrogen) atoms. The molecule has 1 atom stereocenters. The van der Waals surface area contributed by atoms with Crippen LogP contribution >= 0.6 is 11.6 Å². The van der Waals surface area contributed by atoms with Gasteiger partial charge in [0, 0.05) is 19.7 Å². The van der Waals surface area contributed by atoms with Gasteiger partial charge in [0.15, 0.2) is 0 Å². The topological polar surface area (TPSA) is 91.5 Å². The molecular formula is C12H17ClN4O2. The second-order valence-electron chi connectivity index (χ2n) is 4.61. The number of nitrogen functional groups attached to an aromatic ring is 1. The van der Waals surface area contributed by atoms with Gasteiger partial charge in [-0.05, 0) is 30.9 Å². The van der Waals surface area contributed by atoms with Crippen molar-refractivity contribution in [2.75, 3.05) is 25.1 Å². The van der Waals surface area contributed by atoms with Gasteiger partial charge in [0.25, 0.3) is 5.91 Å². The second-order valence-corrected chi connectivity index (χ2v) is 5.02. The monoisotopic (exact) mass is 284 g/mol. The van der Waals surface area contributed by atoms with Gasteiger partial charge in [0.1, 0.15) is 11.5 Å². The lowest BCUT2D eigenvalue weighted by molar-refractivity contribution is 0.0615. The summed E-state index contributed by atoms with van der Waals surface area (Å²) in [6.07, 6.45) is 1.81. The number of aliphatic hydroxyl groups is 1. The maximum Gasteiger partial charge on any atom is 0.274 e. The Hall–Kier alpha value is -1.37. The molecule has 2 rings (SSSR count). The molecule has 1 amide bonds. The van der Waals surface area contributed by atoms with Gasteiger partial charge in [-0.2, -0.15) is 0 Å². The van der Waals surface area contributed by atoms with Crippen LogP contribution < -0.4 is 11.3 Å². The van der Waals surface area contributed by atoms with Crippen molar-refractivity contribution in [3.8, 4) is 0 Å². The number of nitrogens with one attached hydrogen (secondary N) is 1. The summed E-state index contributed by atoms with van der Waals surface area (Å²) >= 11 is 6.01. The highest BCUT2D eigenvalue weighted by Gasteiger charge is 2.26. The van der Waals surface area contributed by atoms with E-state index in [1.807, 2.05) is 0 Å². The zero-order chi connectivity index (χ0) is 13.8. The standard InChI is InChI=1S/C12H17ClN4O2/c13-9-3-4-10(16-14)15-11(9)12(19)17-5-1-2-8(6-17)7-18/h3-4,8,18H,1-2,5-7,14H2,(H,15,16). The van der Waals surface area contributed by atoms with Gasteiger partial charge in [-0.3, -0.25) is 4.79 Å². The number of carbonyl (C=O) groups is 1. The number of anilines is 1. The van der Waals surface area contributed by atoms with Gasteiger partial charge in [0.2, 0.25) is 0 Å². The minimum atomic E-state index is -0.222. The number of halogens is 1. The zero-order valence-electron chi connectivity index (χ0n) is 10.5. The van der Waals surface area contributed by atoms with Crippen LogP contribution in [0, 0.1) is 5.92 Å². The number of aromatic nitrogens is 1. The Kier molecular flexibility index (Phi) is 4.57. The van der Waals surface area contributed by atoms with Crippen LogP contribution in [0.5, 0.6) is 0 Å². The number of hydrogen-bond acceptors (Lipinski definition) is 5. The fourth-order valence-corrected chi connectivity index (χ4v) is 2.41. The van der Waals surface area contributed by atoms with E-state index in [-0.39, 0.29) is 24.1 Å². The molecule has 104 valence electrons. The zero-order valence-corrected chi connectivity index (χ0v) is 11.2. The summed E-state index contributed by atoms with van der Waals surface area (Å²) in [7, 11) is 0. The number of carbonyl (C=O) groups excluding carboxylic acids is 1. The number of amides is 1. The molecule has 1 unspecified atom stereocenters. The fourth-order valence-electron chi connectivity index (χ4n) is 2.22. The normalized spacial score (nSPS) is 19.3. The smallest absolute Gasteiger partial charge is 0.274 e. The van der Waals surface area contributed by atoms with Crippen LogP contribution in [0.25, 0.3) is 0 Å². The lowest BCUT2D eigenvalue weighted by Gasteiger charge is -2.31. The maximum absolute atomic E-state index is 12.4. The highest BCUT2D eigenvalue weighted by atomic mass is 35.5. The van der Waals surface area contributed by atoms with E-state index in [9.17, 15) is 9.90 Å². The molecule has 1 saturated heterocycles. The number of pyridine rings is 1.